The molecule has 1 aromatic heterocycles. The second-order valence-corrected chi connectivity index (χ2v) is 7.70. The van der Waals surface area contributed by atoms with E-state index in [0.717, 1.165) is 17.0 Å². The van der Waals surface area contributed by atoms with E-state index in [4.69, 9.17) is 0 Å². The van der Waals surface area contributed by atoms with E-state index < -0.39 is 10.0 Å². The van der Waals surface area contributed by atoms with Crippen molar-refractivity contribution in [1.29, 1.82) is 0 Å². The van der Waals surface area contributed by atoms with Gasteiger partial charge in [0, 0.05) is 31.4 Å². The monoisotopic (exact) mass is 319 g/mol. The Bertz CT molecular complexity index is 748. The number of benzene rings is 1. The van der Waals surface area contributed by atoms with E-state index in [1.165, 1.54) is 12.8 Å². The van der Waals surface area contributed by atoms with Gasteiger partial charge in [-0.2, -0.15) is 0 Å². The van der Waals surface area contributed by atoms with Crippen molar-refractivity contribution in [2.45, 2.75) is 38.0 Å². The number of hydrogen-bond acceptors (Lipinski definition) is 3. The SMILES string of the molecule is Cc1cccc(CS(=O)(=O)NCCn2ccnc2C2CC2)c1. The largest absolute Gasteiger partial charge is 0.333 e. The van der Waals surface area contributed by atoms with Gasteiger partial charge >= 0.3 is 0 Å². The van der Waals surface area contributed by atoms with Crippen LogP contribution < -0.4 is 4.72 Å². The number of sulfonamides is 1. The molecule has 1 aromatic carbocycles. The molecule has 1 aliphatic rings. The lowest BCUT2D eigenvalue weighted by Gasteiger charge is -2.10. The van der Waals surface area contributed by atoms with Crippen LogP contribution in [-0.2, 0) is 22.3 Å². The minimum absolute atomic E-state index is 0.0219. The van der Waals surface area contributed by atoms with E-state index in [1.54, 1.807) is 6.20 Å². The van der Waals surface area contributed by atoms with Crippen LogP contribution in [0.15, 0.2) is 36.7 Å². The lowest BCUT2D eigenvalue weighted by atomic mass is 10.2. The molecule has 0 unspecified atom stereocenters. The van der Waals surface area contributed by atoms with Gasteiger partial charge in [-0.25, -0.2) is 18.1 Å². The van der Waals surface area contributed by atoms with Gasteiger partial charge in [0.1, 0.15) is 5.82 Å². The highest BCUT2D eigenvalue weighted by Gasteiger charge is 2.27. The lowest BCUT2D eigenvalue weighted by Crippen LogP contribution is -2.28. The van der Waals surface area contributed by atoms with Crippen molar-refractivity contribution in [3.63, 3.8) is 0 Å². The van der Waals surface area contributed by atoms with Crippen molar-refractivity contribution >= 4 is 10.0 Å². The molecule has 0 saturated heterocycles. The summed E-state index contributed by atoms with van der Waals surface area (Å²) < 4.78 is 29.0. The molecule has 3 rings (SSSR count). The lowest BCUT2D eigenvalue weighted by molar-refractivity contribution is 0.568. The topological polar surface area (TPSA) is 64.0 Å². The van der Waals surface area contributed by atoms with Crippen LogP contribution in [0.25, 0.3) is 0 Å². The Labute approximate surface area is 131 Å². The highest BCUT2D eigenvalue weighted by Crippen LogP contribution is 2.38. The summed E-state index contributed by atoms with van der Waals surface area (Å²) in [4.78, 5) is 4.36. The first kappa shape index (κ1) is 15.2. The predicted molar refractivity (Wildman–Crippen MR) is 86.0 cm³/mol. The minimum atomic E-state index is -3.31. The summed E-state index contributed by atoms with van der Waals surface area (Å²) in [7, 11) is -3.31. The number of rotatable bonds is 7. The summed E-state index contributed by atoms with van der Waals surface area (Å²) in [5, 5.41) is 0. The van der Waals surface area contributed by atoms with E-state index in [1.807, 2.05) is 42.0 Å². The van der Waals surface area contributed by atoms with Gasteiger partial charge in [0.2, 0.25) is 10.0 Å². The van der Waals surface area contributed by atoms with Gasteiger partial charge in [-0.1, -0.05) is 29.8 Å². The Kier molecular flexibility index (Phi) is 4.31. The first-order chi connectivity index (χ1) is 10.5. The van der Waals surface area contributed by atoms with Crippen LogP contribution in [0, 0.1) is 6.92 Å². The van der Waals surface area contributed by atoms with Gasteiger partial charge in [0.05, 0.1) is 5.75 Å². The zero-order chi connectivity index (χ0) is 15.6. The first-order valence-electron chi connectivity index (χ1n) is 7.57. The number of hydrogen-bond donors (Lipinski definition) is 1. The second kappa shape index (κ2) is 6.22. The summed E-state index contributed by atoms with van der Waals surface area (Å²) >= 11 is 0. The zero-order valence-electron chi connectivity index (χ0n) is 12.7. The Morgan fingerprint density at radius 1 is 1.36 bits per heavy atom. The maximum Gasteiger partial charge on any atom is 0.215 e. The van der Waals surface area contributed by atoms with Crippen LogP contribution in [-0.4, -0.2) is 24.5 Å². The van der Waals surface area contributed by atoms with Gasteiger partial charge in [0.25, 0.3) is 0 Å². The molecule has 1 aliphatic carbocycles. The summed E-state index contributed by atoms with van der Waals surface area (Å²) in [6.07, 6.45) is 6.09. The third-order valence-corrected chi connectivity index (χ3v) is 5.16. The molecule has 5 nitrogen and oxygen atoms in total. The summed E-state index contributed by atoms with van der Waals surface area (Å²) in [5.74, 6) is 1.67. The normalized spacial score (nSPS) is 15.1. The van der Waals surface area contributed by atoms with Gasteiger partial charge < -0.3 is 4.57 Å². The Hall–Kier alpha value is -1.66. The third-order valence-electron chi connectivity index (χ3n) is 3.80. The smallest absolute Gasteiger partial charge is 0.215 e. The van der Waals surface area contributed by atoms with Gasteiger partial charge in [-0.3, -0.25) is 0 Å². The van der Waals surface area contributed by atoms with Gasteiger partial charge in [-0.05, 0) is 25.3 Å². The van der Waals surface area contributed by atoms with Crippen molar-refractivity contribution in [3.05, 3.63) is 53.6 Å². The molecule has 118 valence electrons. The molecule has 22 heavy (non-hydrogen) atoms. The summed E-state index contributed by atoms with van der Waals surface area (Å²) in [6, 6.07) is 7.59. The highest BCUT2D eigenvalue weighted by atomic mass is 32.2. The van der Waals surface area contributed by atoms with Crippen LogP contribution in [0.4, 0.5) is 0 Å². The molecule has 0 atom stereocenters. The van der Waals surface area contributed by atoms with Gasteiger partial charge in [-0.15, -0.1) is 0 Å². The fraction of sp³-hybridized carbons (Fsp3) is 0.438. The summed E-state index contributed by atoms with van der Waals surface area (Å²) in [6.45, 7) is 2.98. The maximum atomic E-state index is 12.1. The molecular formula is C16H21N3O2S. The fourth-order valence-electron chi connectivity index (χ4n) is 2.61. The van der Waals surface area contributed by atoms with E-state index in [9.17, 15) is 8.42 Å². The van der Waals surface area contributed by atoms with Crippen LogP contribution >= 0.6 is 0 Å². The van der Waals surface area contributed by atoms with Gasteiger partial charge in [0.15, 0.2) is 0 Å². The van der Waals surface area contributed by atoms with Crippen molar-refractivity contribution in [1.82, 2.24) is 14.3 Å². The molecule has 2 aromatic rings. The molecule has 0 aliphatic heterocycles. The minimum Gasteiger partial charge on any atom is -0.333 e. The molecule has 1 fully saturated rings. The molecule has 0 spiro atoms. The quantitative estimate of drug-likeness (QED) is 0.851. The van der Waals surface area contributed by atoms with Crippen molar-refractivity contribution < 1.29 is 8.42 Å². The summed E-state index contributed by atoms with van der Waals surface area (Å²) in [5.41, 5.74) is 1.88. The Morgan fingerprint density at radius 3 is 2.91 bits per heavy atom. The van der Waals surface area contributed by atoms with E-state index in [0.29, 0.717) is 19.0 Å². The van der Waals surface area contributed by atoms with Crippen molar-refractivity contribution in [2.75, 3.05) is 6.54 Å². The molecule has 1 saturated carbocycles. The standard InChI is InChI=1S/C16H21N3O2S/c1-13-3-2-4-14(11-13)12-22(20,21)18-8-10-19-9-7-17-16(19)15-5-6-15/h2-4,7,9,11,15,18H,5-6,8,10,12H2,1H3. The van der Waals surface area contributed by atoms with Crippen LogP contribution in [0.2, 0.25) is 0 Å². The zero-order valence-corrected chi connectivity index (χ0v) is 13.5. The Balaban J connectivity index is 1.54. The van der Waals surface area contributed by atoms with Crippen LogP contribution in [0.5, 0.6) is 0 Å². The molecule has 6 heteroatoms. The number of imidazole rings is 1. The average molecular weight is 319 g/mol. The maximum absolute atomic E-state index is 12.1. The second-order valence-electron chi connectivity index (χ2n) is 5.90. The highest BCUT2D eigenvalue weighted by molar-refractivity contribution is 7.88. The number of aryl methyl sites for hydroxylation is 1. The molecule has 0 amide bonds. The average Bonchev–Trinajstić information content (AvgIpc) is 3.18. The Morgan fingerprint density at radius 2 is 2.18 bits per heavy atom. The van der Waals surface area contributed by atoms with Crippen LogP contribution in [0.1, 0.15) is 35.7 Å². The van der Waals surface area contributed by atoms with E-state index in [-0.39, 0.29) is 5.75 Å². The predicted octanol–water partition coefficient (Wildman–Crippen LogP) is 2.19. The van der Waals surface area contributed by atoms with E-state index >= 15 is 0 Å². The van der Waals surface area contributed by atoms with Crippen LogP contribution in [0.3, 0.4) is 0 Å². The van der Waals surface area contributed by atoms with Crippen molar-refractivity contribution in [3.8, 4) is 0 Å². The van der Waals surface area contributed by atoms with E-state index in [2.05, 4.69) is 9.71 Å². The fourth-order valence-corrected chi connectivity index (χ4v) is 3.73. The number of nitrogens with one attached hydrogen (secondary N) is 1. The molecule has 0 radical (unpaired) electrons. The third kappa shape index (κ3) is 3.96. The first-order valence-corrected chi connectivity index (χ1v) is 9.23. The van der Waals surface area contributed by atoms with Crippen molar-refractivity contribution in [2.24, 2.45) is 0 Å². The molecule has 1 N–H and O–H groups in total. The molecule has 0 bridgehead atoms. The number of nitrogens with zero attached hydrogens (tertiary/aromatic N) is 2. The molecule has 1 heterocycles. The molecular weight excluding hydrogens is 298 g/mol. The number of aromatic nitrogens is 2.